The Hall–Kier alpha value is -3.56. The van der Waals surface area contributed by atoms with Crippen molar-refractivity contribution in [1.29, 1.82) is 0 Å². The number of nitrogens with one attached hydrogen (secondary N) is 1. The minimum absolute atomic E-state index is 0. The third-order valence-electron chi connectivity index (χ3n) is 6.05. The number of aromatic nitrogens is 1. The van der Waals surface area contributed by atoms with E-state index in [1.54, 1.807) is 53.7 Å². The number of aromatic hydroxyl groups is 2. The topological polar surface area (TPSA) is 120 Å². The van der Waals surface area contributed by atoms with Crippen molar-refractivity contribution >= 4 is 35.5 Å². The van der Waals surface area contributed by atoms with Gasteiger partial charge in [0.2, 0.25) is 0 Å². The Morgan fingerprint density at radius 2 is 1.60 bits per heavy atom. The third kappa shape index (κ3) is 5.93. The number of phenolic OH excluding ortho intramolecular Hbond substituents is 2. The molecule has 3 aromatic rings. The fourth-order valence-corrected chi connectivity index (χ4v) is 4.19. The number of rotatable bonds is 3. The number of nitrogens with zero attached hydrogens (tertiary/aromatic N) is 2. The average Bonchev–Trinajstić information content (AvgIpc) is 2.88. The van der Waals surface area contributed by atoms with Gasteiger partial charge in [-0.1, -0.05) is 0 Å². The van der Waals surface area contributed by atoms with E-state index in [0.717, 1.165) is 41.8 Å². The lowest BCUT2D eigenvalue weighted by atomic mass is 9.96. The number of carbonyl (C=O) groups is 3. The Kier molecular flexibility index (Phi) is 8.73. The van der Waals surface area contributed by atoms with E-state index in [1.807, 2.05) is 0 Å². The summed E-state index contributed by atoms with van der Waals surface area (Å²) in [6, 6.07) is 10.2. The maximum Gasteiger partial charge on any atom is 0.255 e. The van der Waals surface area contributed by atoms with Gasteiger partial charge in [0.05, 0.1) is 16.7 Å². The maximum absolute atomic E-state index is 12.4. The van der Waals surface area contributed by atoms with Crippen LogP contribution in [0.25, 0.3) is 0 Å². The van der Waals surface area contributed by atoms with Gasteiger partial charge in [0.1, 0.15) is 11.5 Å². The first-order valence-electron chi connectivity index (χ1n) is 11.0. The van der Waals surface area contributed by atoms with Crippen LogP contribution in [0.3, 0.4) is 0 Å². The van der Waals surface area contributed by atoms with Gasteiger partial charge in [0.25, 0.3) is 5.91 Å². The van der Waals surface area contributed by atoms with Crippen molar-refractivity contribution in [2.45, 2.75) is 25.9 Å². The summed E-state index contributed by atoms with van der Waals surface area (Å²) in [6.45, 7) is 2.74. The van der Waals surface area contributed by atoms with Gasteiger partial charge in [-0.2, -0.15) is 0 Å². The largest absolute Gasteiger partial charge is 0.507 e. The van der Waals surface area contributed by atoms with Crippen LogP contribution in [0.5, 0.6) is 11.5 Å². The average molecular weight is 540 g/mol. The van der Waals surface area contributed by atoms with E-state index >= 15 is 0 Å². The molecular weight excluding hydrogens is 514 g/mol. The van der Waals surface area contributed by atoms with Gasteiger partial charge in [-0.15, -0.1) is 17.0 Å². The van der Waals surface area contributed by atoms with E-state index in [2.05, 4.69) is 10.3 Å². The lowest BCUT2D eigenvalue weighted by molar-refractivity contribution is 0.0734. The Morgan fingerprint density at radius 1 is 0.943 bits per heavy atom. The fraction of sp³-hybridized carbons (Fsp3) is 0.231. The number of phenols is 2. The van der Waals surface area contributed by atoms with Crippen LogP contribution in [-0.4, -0.2) is 51.7 Å². The molecule has 1 amide bonds. The molecule has 0 spiro atoms. The first-order valence-corrected chi connectivity index (χ1v) is 11.0. The molecule has 3 heterocycles. The first-order chi connectivity index (χ1) is 16.5. The fourth-order valence-electron chi connectivity index (χ4n) is 4.19. The van der Waals surface area contributed by atoms with Crippen LogP contribution in [0.4, 0.5) is 0 Å². The van der Waals surface area contributed by atoms with E-state index in [0.29, 0.717) is 43.2 Å². The summed E-state index contributed by atoms with van der Waals surface area (Å²) < 4.78 is 0. The van der Waals surface area contributed by atoms with Gasteiger partial charge in [-0.25, -0.2) is 0 Å². The second kappa shape index (κ2) is 11.7. The lowest BCUT2D eigenvalue weighted by Crippen LogP contribution is -2.36. The summed E-state index contributed by atoms with van der Waals surface area (Å²) in [5, 5.41) is 22.3. The maximum atomic E-state index is 12.4. The van der Waals surface area contributed by atoms with Gasteiger partial charge >= 0.3 is 0 Å². The van der Waals surface area contributed by atoms with Gasteiger partial charge in [0.15, 0.2) is 12.6 Å². The standard InChI is InChI=1S/C16H14N2O3.C10H11NO2.BrH/c19-10-14-6-13-9-18(5-3-11(13)7-15(14)20)16(21)12-2-1-4-17-8-12;12-6-9-3-8-5-11-2-1-7(8)4-10(9)13;/h1-2,4,6-8,10,20H,3,5,9H2;3-4,6,11,13H,1-2,5H2;1H. The molecule has 2 aliphatic heterocycles. The smallest absolute Gasteiger partial charge is 0.255 e. The van der Waals surface area contributed by atoms with Crippen molar-refractivity contribution in [3.8, 4) is 11.5 Å². The Balaban J connectivity index is 0.000000211. The van der Waals surface area contributed by atoms with Crippen LogP contribution >= 0.6 is 17.0 Å². The Morgan fingerprint density at radius 3 is 2.23 bits per heavy atom. The van der Waals surface area contributed by atoms with E-state index in [9.17, 15) is 24.6 Å². The van der Waals surface area contributed by atoms with Gasteiger partial charge in [0, 0.05) is 32.0 Å². The summed E-state index contributed by atoms with van der Waals surface area (Å²) in [4.78, 5) is 39.5. The Labute approximate surface area is 213 Å². The number of fused-ring (bicyclic) bond motifs is 2. The quantitative estimate of drug-likeness (QED) is 0.437. The minimum Gasteiger partial charge on any atom is -0.507 e. The molecule has 1 aromatic heterocycles. The highest BCUT2D eigenvalue weighted by atomic mass is 79.9. The molecule has 8 nitrogen and oxygen atoms in total. The molecule has 0 radical (unpaired) electrons. The molecule has 0 aliphatic carbocycles. The van der Waals surface area contributed by atoms with Crippen molar-refractivity contribution in [3.05, 3.63) is 87.7 Å². The van der Waals surface area contributed by atoms with Crippen molar-refractivity contribution in [2.24, 2.45) is 0 Å². The van der Waals surface area contributed by atoms with Crippen LogP contribution in [0, 0.1) is 0 Å². The molecule has 35 heavy (non-hydrogen) atoms. The number of halogens is 1. The second-order valence-corrected chi connectivity index (χ2v) is 8.24. The van der Waals surface area contributed by atoms with Crippen molar-refractivity contribution < 1.29 is 24.6 Å². The van der Waals surface area contributed by atoms with E-state index in [4.69, 9.17) is 0 Å². The Bertz CT molecular complexity index is 1230. The van der Waals surface area contributed by atoms with Crippen LogP contribution < -0.4 is 5.32 Å². The van der Waals surface area contributed by atoms with Crippen molar-refractivity contribution in [2.75, 3.05) is 13.1 Å². The monoisotopic (exact) mass is 539 g/mol. The number of benzene rings is 2. The normalized spacial score (nSPS) is 13.8. The highest BCUT2D eigenvalue weighted by Crippen LogP contribution is 2.27. The van der Waals surface area contributed by atoms with E-state index in [-0.39, 0.29) is 40.0 Å². The SMILES string of the molecule is Br.O=Cc1cc2c(cc1O)CCN(C(=O)c1cccnc1)C2.O=Cc1cc2c(cc1O)CCNC2. The number of hydrogen-bond acceptors (Lipinski definition) is 7. The molecule has 9 heteroatoms. The lowest BCUT2D eigenvalue weighted by Gasteiger charge is -2.29. The van der Waals surface area contributed by atoms with Crippen molar-refractivity contribution in [1.82, 2.24) is 15.2 Å². The number of amides is 1. The molecule has 0 saturated carbocycles. The van der Waals surface area contributed by atoms with Gasteiger partial charge in [-0.05, 0) is 78.0 Å². The first kappa shape index (κ1) is 26.1. The number of carbonyl (C=O) groups excluding carboxylic acids is 3. The molecule has 0 saturated heterocycles. The molecule has 5 rings (SSSR count). The van der Waals surface area contributed by atoms with Crippen LogP contribution in [0.2, 0.25) is 0 Å². The van der Waals surface area contributed by atoms with Crippen LogP contribution in [-0.2, 0) is 25.9 Å². The second-order valence-electron chi connectivity index (χ2n) is 8.24. The molecular formula is C26H26BrN3O5. The zero-order chi connectivity index (χ0) is 24.1. The minimum atomic E-state index is -0.0746. The molecule has 0 atom stereocenters. The molecule has 0 unspecified atom stereocenters. The van der Waals surface area contributed by atoms with Crippen LogP contribution in [0.15, 0.2) is 48.8 Å². The molecule has 2 aromatic carbocycles. The number of hydrogen-bond donors (Lipinski definition) is 3. The summed E-state index contributed by atoms with van der Waals surface area (Å²) in [6.07, 6.45) is 6.06. The highest BCUT2D eigenvalue weighted by molar-refractivity contribution is 8.93. The summed E-state index contributed by atoms with van der Waals surface area (Å²) in [7, 11) is 0. The molecule has 3 N–H and O–H groups in total. The summed E-state index contributed by atoms with van der Waals surface area (Å²) in [5.41, 5.74) is 5.32. The predicted octanol–water partition coefficient (Wildman–Crippen LogP) is 3.23. The number of pyridine rings is 1. The van der Waals surface area contributed by atoms with Gasteiger partial charge < -0.3 is 20.4 Å². The third-order valence-corrected chi connectivity index (χ3v) is 6.05. The van der Waals surface area contributed by atoms with E-state index in [1.165, 1.54) is 0 Å². The zero-order valence-electron chi connectivity index (χ0n) is 18.9. The molecule has 2 aliphatic rings. The van der Waals surface area contributed by atoms with E-state index < -0.39 is 0 Å². The molecule has 182 valence electrons. The zero-order valence-corrected chi connectivity index (χ0v) is 20.7. The predicted molar refractivity (Wildman–Crippen MR) is 135 cm³/mol. The number of aldehydes is 2. The van der Waals surface area contributed by atoms with Crippen molar-refractivity contribution in [3.63, 3.8) is 0 Å². The van der Waals surface area contributed by atoms with Gasteiger partial charge in [-0.3, -0.25) is 19.4 Å². The van der Waals surface area contributed by atoms with Crippen LogP contribution in [0.1, 0.15) is 53.3 Å². The molecule has 0 fully saturated rings. The summed E-state index contributed by atoms with van der Waals surface area (Å²) >= 11 is 0. The summed E-state index contributed by atoms with van der Waals surface area (Å²) in [5.74, 6) is 0.0147. The highest BCUT2D eigenvalue weighted by Gasteiger charge is 2.23. The molecule has 0 bridgehead atoms.